The molecule has 1 aliphatic rings. The standard InChI is InChI=1S/C22H34N4O2/c1-4-28-21(27)14-19-12-11-18(17-9-7-5-6-8-10-17)13-20(19)26(3)16(2)15-25-22(23)24/h11-13,17H,2,4-10,14-15H2,1,3H3,(H4,23,24,25). The molecule has 4 N–H and O–H groups in total. The van der Waals surface area contributed by atoms with E-state index in [-0.39, 0.29) is 18.3 Å². The molecule has 1 fully saturated rings. The van der Waals surface area contributed by atoms with Gasteiger partial charge in [-0.05, 0) is 42.9 Å². The Bertz CT molecular complexity index is 702. The summed E-state index contributed by atoms with van der Waals surface area (Å²) in [7, 11) is 1.94. The van der Waals surface area contributed by atoms with Gasteiger partial charge in [0.1, 0.15) is 0 Å². The number of hydrogen-bond acceptors (Lipinski definition) is 4. The van der Waals surface area contributed by atoms with E-state index in [0.29, 0.717) is 19.1 Å². The van der Waals surface area contributed by atoms with Crippen LogP contribution in [-0.4, -0.2) is 32.1 Å². The third-order valence-electron chi connectivity index (χ3n) is 5.36. The van der Waals surface area contributed by atoms with E-state index >= 15 is 0 Å². The molecule has 0 spiro atoms. The molecule has 1 aromatic rings. The molecule has 1 aliphatic carbocycles. The minimum atomic E-state index is -0.228. The van der Waals surface area contributed by atoms with Crippen LogP contribution in [0, 0.1) is 0 Å². The second-order valence-electron chi connectivity index (χ2n) is 7.42. The van der Waals surface area contributed by atoms with Crippen molar-refractivity contribution < 1.29 is 9.53 Å². The minimum Gasteiger partial charge on any atom is -0.466 e. The zero-order valence-electron chi connectivity index (χ0n) is 17.2. The van der Waals surface area contributed by atoms with Gasteiger partial charge in [0.25, 0.3) is 0 Å². The Morgan fingerprint density at radius 3 is 2.54 bits per heavy atom. The summed E-state index contributed by atoms with van der Waals surface area (Å²) in [6, 6.07) is 6.42. The van der Waals surface area contributed by atoms with E-state index in [1.165, 1.54) is 44.1 Å². The van der Waals surface area contributed by atoms with Gasteiger partial charge in [-0.25, -0.2) is 4.99 Å². The summed E-state index contributed by atoms with van der Waals surface area (Å²) in [6.07, 6.45) is 7.85. The predicted molar refractivity (Wildman–Crippen MR) is 115 cm³/mol. The van der Waals surface area contributed by atoms with E-state index in [9.17, 15) is 4.79 Å². The SMILES string of the molecule is C=C(CN=C(N)N)N(C)c1cc(C2CCCCCC2)ccc1CC(=O)OCC. The maximum Gasteiger partial charge on any atom is 0.310 e. The third kappa shape index (κ3) is 6.29. The van der Waals surface area contributed by atoms with Gasteiger partial charge in [-0.15, -0.1) is 0 Å². The maximum absolute atomic E-state index is 12.1. The van der Waals surface area contributed by atoms with Gasteiger partial charge in [0.15, 0.2) is 5.96 Å². The normalized spacial score (nSPS) is 14.8. The summed E-state index contributed by atoms with van der Waals surface area (Å²) in [4.78, 5) is 18.1. The van der Waals surface area contributed by atoms with Crippen LogP contribution in [0.4, 0.5) is 5.69 Å². The molecule has 154 valence electrons. The number of nitrogens with zero attached hydrogens (tertiary/aromatic N) is 2. The van der Waals surface area contributed by atoms with Gasteiger partial charge in [-0.2, -0.15) is 0 Å². The van der Waals surface area contributed by atoms with Crippen LogP contribution < -0.4 is 16.4 Å². The van der Waals surface area contributed by atoms with E-state index < -0.39 is 0 Å². The van der Waals surface area contributed by atoms with Crippen LogP contribution in [0.25, 0.3) is 0 Å². The van der Waals surface area contributed by atoms with Gasteiger partial charge in [0, 0.05) is 18.4 Å². The molecule has 0 bridgehead atoms. The number of guanidine groups is 1. The van der Waals surface area contributed by atoms with E-state index in [1.807, 2.05) is 18.9 Å². The lowest BCUT2D eigenvalue weighted by Gasteiger charge is -2.26. The number of rotatable bonds is 8. The van der Waals surface area contributed by atoms with Crippen LogP contribution >= 0.6 is 0 Å². The first kappa shape index (κ1) is 21.8. The molecule has 0 atom stereocenters. The Morgan fingerprint density at radius 1 is 1.25 bits per heavy atom. The molecule has 0 unspecified atom stereocenters. The highest BCUT2D eigenvalue weighted by Crippen LogP contribution is 2.35. The molecule has 0 heterocycles. The molecule has 0 aromatic heterocycles. The fourth-order valence-electron chi connectivity index (χ4n) is 3.74. The first-order chi connectivity index (χ1) is 13.4. The van der Waals surface area contributed by atoms with Crippen LogP contribution in [0.3, 0.4) is 0 Å². The van der Waals surface area contributed by atoms with Gasteiger partial charge in [-0.3, -0.25) is 4.79 Å². The smallest absolute Gasteiger partial charge is 0.310 e. The Morgan fingerprint density at radius 2 is 1.93 bits per heavy atom. The topological polar surface area (TPSA) is 93.9 Å². The molecule has 6 nitrogen and oxygen atoms in total. The average molecular weight is 387 g/mol. The summed E-state index contributed by atoms with van der Waals surface area (Å²) < 4.78 is 5.15. The third-order valence-corrected chi connectivity index (χ3v) is 5.36. The zero-order chi connectivity index (χ0) is 20.5. The van der Waals surface area contributed by atoms with Crippen LogP contribution in [0.15, 0.2) is 35.5 Å². The zero-order valence-corrected chi connectivity index (χ0v) is 17.2. The van der Waals surface area contributed by atoms with Crippen molar-refractivity contribution >= 4 is 17.6 Å². The number of ether oxygens (including phenoxy) is 1. The van der Waals surface area contributed by atoms with Crippen molar-refractivity contribution in [1.82, 2.24) is 0 Å². The lowest BCUT2D eigenvalue weighted by molar-refractivity contribution is -0.142. The monoisotopic (exact) mass is 386 g/mol. The average Bonchev–Trinajstić information content (AvgIpc) is 2.95. The molecular formula is C22H34N4O2. The van der Waals surface area contributed by atoms with Crippen molar-refractivity contribution in [2.75, 3.05) is 25.1 Å². The Labute approximate surface area is 168 Å². The first-order valence-electron chi connectivity index (χ1n) is 10.2. The van der Waals surface area contributed by atoms with Crippen LogP contribution in [-0.2, 0) is 16.0 Å². The molecular weight excluding hydrogens is 352 g/mol. The van der Waals surface area contributed by atoms with Gasteiger partial charge in [0.2, 0.25) is 0 Å². The van der Waals surface area contributed by atoms with Crippen LogP contribution in [0.2, 0.25) is 0 Å². The number of carbonyl (C=O) groups excluding carboxylic acids is 1. The van der Waals surface area contributed by atoms with Gasteiger partial charge in [-0.1, -0.05) is 44.4 Å². The summed E-state index contributed by atoms with van der Waals surface area (Å²) in [5, 5.41) is 0. The quantitative estimate of drug-likeness (QED) is 0.309. The van der Waals surface area contributed by atoms with Gasteiger partial charge >= 0.3 is 5.97 Å². The highest BCUT2D eigenvalue weighted by molar-refractivity contribution is 5.77. The van der Waals surface area contributed by atoms with Gasteiger partial charge < -0.3 is 21.1 Å². The van der Waals surface area contributed by atoms with E-state index in [4.69, 9.17) is 16.2 Å². The molecule has 0 saturated heterocycles. The number of carbonyl (C=O) groups is 1. The van der Waals surface area contributed by atoms with Crippen molar-refractivity contribution in [3.05, 3.63) is 41.6 Å². The Balaban J connectivity index is 2.32. The van der Waals surface area contributed by atoms with E-state index in [0.717, 1.165) is 16.9 Å². The highest BCUT2D eigenvalue weighted by Gasteiger charge is 2.19. The van der Waals surface area contributed by atoms with Gasteiger partial charge in [0.05, 0.1) is 19.6 Å². The fraction of sp³-hybridized carbons (Fsp3) is 0.545. The molecule has 0 radical (unpaired) electrons. The van der Waals surface area contributed by atoms with E-state index in [2.05, 4.69) is 29.8 Å². The number of benzene rings is 1. The van der Waals surface area contributed by atoms with E-state index in [1.54, 1.807) is 0 Å². The Hall–Kier alpha value is -2.50. The van der Waals surface area contributed by atoms with Crippen LogP contribution in [0.1, 0.15) is 62.5 Å². The second kappa shape index (κ2) is 10.7. The number of esters is 1. The Kier molecular flexibility index (Phi) is 8.36. The van der Waals surface area contributed by atoms with Crippen molar-refractivity contribution in [3.63, 3.8) is 0 Å². The second-order valence-corrected chi connectivity index (χ2v) is 7.42. The summed E-state index contributed by atoms with van der Waals surface area (Å²) in [5.41, 5.74) is 14.9. The lowest BCUT2D eigenvalue weighted by atomic mass is 9.90. The molecule has 28 heavy (non-hydrogen) atoms. The van der Waals surface area contributed by atoms with Crippen molar-refractivity contribution in [2.45, 2.75) is 57.8 Å². The molecule has 0 amide bonds. The summed E-state index contributed by atoms with van der Waals surface area (Å²) in [5.74, 6) is 0.375. The highest BCUT2D eigenvalue weighted by atomic mass is 16.5. The summed E-state index contributed by atoms with van der Waals surface area (Å²) >= 11 is 0. The number of nitrogens with two attached hydrogens (primary N) is 2. The molecule has 2 rings (SSSR count). The number of hydrogen-bond donors (Lipinski definition) is 2. The molecule has 1 aromatic carbocycles. The molecule has 0 aliphatic heterocycles. The van der Waals surface area contributed by atoms with Crippen molar-refractivity contribution in [1.29, 1.82) is 0 Å². The van der Waals surface area contributed by atoms with Crippen molar-refractivity contribution in [2.24, 2.45) is 16.5 Å². The number of aliphatic imine (C=N–C) groups is 1. The largest absolute Gasteiger partial charge is 0.466 e. The molecule has 1 saturated carbocycles. The minimum absolute atomic E-state index is 0.0357. The summed E-state index contributed by atoms with van der Waals surface area (Å²) in [6.45, 7) is 6.61. The maximum atomic E-state index is 12.1. The fourth-order valence-corrected chi connectivity index (χ4v) is 3.74. The lowest BCUT2D eigenvalue weighted by Crippen LogP contribution is -2.25. The van der Waals surface area contributed by atoms with Crippen molar-refractivity contribution in [3.8, 4) is 0 Å². The number of likely N-dealkylation sites (N-methyl/N-ethyl adjacent to an activating group) is 1. The van der Waals surface area contributed by atoms with Crippen LogP contribution in [0.5, 0.6) is 0 Å². The number of anilines is 1. The predicted octanol–water partition coefficient (Wildman–Crippen LogP) is 3.45. The molecule has 6 heteroatoms. The first-order valence-corrected chi connectivity index (χ1v) is 10.2.